The second kappa shape index (κ2) is 8.42. The van der Waals surface area contributed by atoms with Crippen molar-refractivity contribution in [3.8, 4) is 0 Å². The SMILES string of the molecule is O=C(CN1C(=O)NC(Cc2c[nH]c3ccccc23)C1=O)Nc1cccc(C(=O)NC2CC2)c1. The predicted octanol–water partition coefficient (Wildman–Crippen LogP) is 2.16. The summed E-state index contributed by atoms with van der Waals surface area (Å²) in [5.41, 5.74) is 2.73. The number of nitrogens with one attached hydrogen (secondary N) is 4. The molecule has 5 amide bonds. The van der Waals surface area contributed by atoms with Crippen molar-refractivity contribution in [1.29, 1.82) is 0 Å². The van der Waals surface area contributed by atoms with Crippen LogP contribution in [0.2, 0.25) is 0 Å². The number of carbonyl (C=O) groups excluding carboxylic acids is 4. The molecule has 4 N–H and O–H groups in total. The number of hydrogen-bond acceptors (Lipinski definition) is 4. The fourth-order valence-corrected chi connectivity index (χ4v) is 3.96. The van der Waals surface area contributed by atoms with Crippen LogP contribution in [-0.4, -0.2) is 52.3 Å². The van der Waals surface area contributed by atoms with Crippen LogP contribution in [0.15, 0.2) is 54.7 Å². The zero-order valence-electron chi connectivity index (χ0n) is 17.8. The molecule has 2 fully saturated rings. The standard InChI is InChI=1S/C24H23N5O4/c30-21(26-17-5-3-4-14(10-17)22(31)27-16-8-9-16)13-29-23(32)20(28-24(29)33)11-15-12-25-19-7-2-1-6-18(15)19/h1-7,10,12,16,20,25H,8-9,11,13H2,(H,26,30)(H,27,31)(H,28,33). The van der Waals surface area contributed by atoms with Crippen LogP contribution < -0.4 is 16.0 Å². The van der Waals surface area contributed by atoms with E-state index in [0.29, 0.717) is 17.7 Å². The second-order valence-corrected chi connectivity index (χ2v) is 8.37. The van der Waals surface area contributed by atoms with Crippen molar-refractivity contribution in [3.63, 3.8) is 0 Å². The highest BCUT2D eigenvalue weighted by molar-refractivity contribution is 6.08. The summed E-state index contributed by atoms with van der Waals surface area (Å²) in [6.45, 7) is -0.409. The maximum absolute atomic E-state index is 12.8. The van der Waals surface area contributed by atoms with Gasteiger partial charge in [-0.25, -0.2) is 4.79 Å². The molecule has 0 bridgehead atoms. The summed E-state index contributed by atoms with van der Waals surface area (Å²) >= 11 is 0. The molecule has 1 aliphatic carbocycles. The highest BCUT2D eigenvalue weighted by Gasteiger charge is 2.39. The summed E-state index contributed by atoms with van der Waals surface area (Å²) in [7, 11) is 0. The zero-order valence-corrected chi connectivity index (χ0v) is 17.8. The van der Waals surface area contributed by atoms with Crippen LogP contribution in [-0.2, 0) is 16.0 Å². The first-order valence-corrected chi connectivity index (χ1v) is 10.9. The van der Waals surface area contributed by atoms with Gasteiger partial charge in [0.05, 0.1) is 0 Å². The van der Waals surface area contributed by atoms with Gasteiger partial charge in [-0.15, -0.1) is 0 Å². The molecule has 168 valence electrons. The largest absolute Gasteiger partial charge is 0.361 e. The number of urea groups is 1. The fourth-order valence-electron chi connectivity index (χ4n) is 3.96. The molecule has 33 heavy (non-hydrogen) atoms. The molecular weight excluding hydrogens is 422 g/mol. The van der Waals surface area contributed by atoms with E-state index in [2.05, 4.69) is 20.9 Å². The van der Waals surface area contributed by atoms with Gasteiger partial charge < -0.3 is 20.9 Å². The molecule has 1 unspecified atom stereocenters. The fraction of sp³-hybridized carbons (Fsp3) is 0.250. The lowest BCUT2D eigenvalue weighted by Gasteiger charge is -2.13. The minimum Gasteiger partial charge on any atom is -0.361 e. The molecule has 1 saturated carbocycles. The molecule has 1 atom stereocenters. The van der Waals surface area contributed by atoms with Gasteiger partial charge in [0.25, 0.3) is 11.8 Å². The molecule has 1 aliphatic heterocycles. The first-order valence-electron chi connectivity index (χ1n) is 10.9. The number of amides is 5. The number of imide groups is 1. The van der Waals surface area contributed by atoms with Crippen LogP contribution >= 0.6 is 0 Å². The number of anilines is 1. The van der Waals surface area contributed by atoms with Gasteiger partial charge in [-0.3, -0.25) is 19.3 Å². The van der Waals surface area contributed by atoms with Crippen molar-refractivity contribution in [2.45, 2.75) is 31.3 Å². The number of nitrogens with zero attached hydrogens (tertiary/aromatic N) is 1. The third-order valence-electron chi connectivity index (χ3n) is 5.83. The summed E-state index contributed by atoms with van der Waals surface area (Å²) in [4.78, 5) is 54.0. The van der Waals surface area contributed by atoms with Crippen molar-refractivity contribution < 1.29 is 19.2 Å². The Hall–Kier alpha value is -4.14. The Balaban J connectivity index is 1.21. The Kier molecular flexibility index (Phi) is 5.29. The predicted molar refractivity (Wildman–Crippen MR) is 122 cm³/mol. The highest BCUT2D eigenvalue weighted by Crippen LogP contribution is 2.22. The molecule has 2 aromatic carbocycles. The third kappa shape index (κ3) is 4.43. The monoisotopic (exact) mass is 445 g/mol. The van der Waals surface area contributed by atoms with Crippen molar-refractivity contribution in [2.24, 2.45) is 0 Å². The normalized spacial score (nSPS) is 17.8. The molecule has 0 spiro atoms. The first-order chi connectivity index (χ1) is 16.0. The molecule has 3 aromatic rings. The minimum atomic E-state index is -0.737. The second-order valence-electron chi connectivity index (χ2n) is 8.37. The van der Waals surface area contributed by atoms with E-state index in [1.54, 1.807) is 24.3 Å². The summed E-state index contributed by atoms with van der Waals surface area (Å²) in [5.74, 6) is -1.16. The lowest BCUT2D eigenvalue weighted by Crippen LogP contribution is -2.38. The number of fused-ring (bicyclic) bond motifs is 1. The molecule has 0 radical (unpaired) electrons. The van der Waals surface area contributed by atoms with Crippen LogP contribution in [0, 0.1) is 0 Å². The Bertz CT molecular complexity index is 1260. The number of benzene rings is 2. The number of carbonyl (C=O) groups is 4. The molecule has 5 rings (SSSR count). The Morgan fingerprint density at radius 1 is 1.06 bits per heavy atom. The molecule has 9 nitrogen and oxygen atoms in total. The number of aromatic nitrogens is 1. The highest BCUT2D eigenvalue weighted by atomic mass is 16.2. The van der Waals surface area contributed by atoms with Crippen LogP contribution in [0.25, 0.3) is 10.9 Å². The summed E-state index contributed by atoms with van der Waals surface area (Å²) in [6.07, 6.45) is 4.11. The van der Waals surface area contributed by atoms with Crippen molar-refractivity contribution in [3.05, 3.63) is 65.9 Å². The number of rotatable bonds is 7. The Labute approximate surface area is 189 Å². The third-order valence-corrected chi connectivity index (χ3v) is 5.83. The molecule has 9 heteroatoms. The minimum absolute atomic E-state index is 0.192. The van der Waals surface area contributed by atoms with E-state index in [-0.39, 0.29) is 11.9 Å². The van der Waals surface area contributed by atoms with Crippen molar-refractivity contribution in [2.75, 3.05) is 11.9 Å². The van der Waals surface area contributed by atoms with Gasteiger partial charge in [0, 0.05) is 40.8 Å². The van der Waals surface area contributed by atoms with Crippen LogP contribution in [0.3, 0.4) is 0 Å². The van der Waals surface area contributed by atoms with Gasteiger partial charge in [-0.2, -0.15) is 0 Å². The molecular formula is C24H23N5O4. The van der Waals surface area contributed by atoms with Gasteiger partial charge in [-0.1, -0.05) is 24.3 Å². The average molecular weight is 445 g/mol. The Morgan fingerprint density at radius 3 is 2.70 bits per heavy atom. The maximum atomic E-state index is 12.8. The first kappa shape index (κ1) is 20.7. The smallest absolute Gasteiger partial charge is 0.325 e. The topological polar surface area (TPSA) is 123 Å². The lowest BCUT2D eigenvalue weighted by atomic mass is 10.1. The summed E-state index contributed by atoms with van der Waals surface area (Å²) in [5, 5.41) is 9.21. The molecule has 2 aliphatic rings. The summed E-state index contributed by atoms with van der Waals surface area (Å²) < 4.78 is 0. The van der Waals surface area contributed by atoms with Crippen LogP contribution in [0.1, 0.15) is 28.8 Å². The maximum Gasteiger partial charge on any atom is 0.325 e. The van der Waals surface area contributed by atoms with Gasteiger partial charge in [-0.05, 0) is 42.7 Å². The van der Waals surface area contributed by atoms with Gasteiger partial charge in [0.1, 0.15) is 12.6 Å². The van der Waals surface area contributed by atoms with Crippen LogP contribution in [0.4, 0.5) is 10.5 Å². The molecule has 1 aromatic heterocycles. The molecule has 1 saturated heterocycles. The van der Waals surface area contributed by atoms with Gasteiger partial charge in [0.15, 0.2) is 0 Å². The van der Waals surface area contributed by atoms with Gasteiger partial charge in [0.2, 0.25) is 5.91 Å². The van der Waals surface area contributed by atoms with E-state index in [1.165, 1.54) is 0 Å². The average Bonchev–Trinajstić information content (AvgIpc) is 3.48. The van der Waals surface area contributed by atoms with Gasteiger partial charge >= 0.3 is 6.03 Å². The van der Waals surface area contributed by atoms with E-state index in [0.717, 1.165) is 34.2 Å². The number of aromatic amines is 1. The van der Waals surface area contributed by atoms with E-state index < -0.39 is 30.4 Å². The zero-order chi connectivity index (χ0) is 22.9. The van der Waals surface area contributed by atoms with E-state index in [4.69, 9.17) is 0 Å². The van der Waals surface area contributed by atoms with E-state index in [9.17, 15) is 19.2 Å². The van der Waals surface area contributed by atoms with E-state index >= 15 is 0 Å². The lowest BCUT2D eigenvalue weighted by molar-refractivity contribution is -0.130. The number of para-hydroxylation sites is 1. The van der Waals surface area contributed by atoms with Crippen LogP contribution in [0.5, 0.6) is 0 Å². The summed E-state index contributed by atoms with van der Waals surface area (Å²) in [6, 6.07) is 13.2. The van der Waals surface area contributed by atoms with Crippen molar-refractivity contribution >= 4 is 40.3 Å². The number of hydrogen-bond donors (Lipinski definition) is 4. The molecule has 2 heterocycles. The van der Waals surface area contributed by atoms with Crippen molar-refractivity contribution in [1.82, 2.24) is 20.5 Å². The number of H-pyrrole nitrogens is 1. The quantitative estimate of drug-likeness (QED) is 0.416. The van der Waals surface area contributed by atoms with E-state index in [1.807, 2.05) is 30.5 Å². The Morgan fingerprint density at radius 2 is 1.88 bits per heavy atom.